The maximum atomic E-state index is 11.0. The Morgan fingerprint density at radius 3 is 2.30 bits per heavy atom. The van der Waals surface area contributed by atoms with Crippen LogP contribution in [0.2, 0.25) is 0 Å². The van der Waals surface area contributed by atoms with Gasteiger partial charge >= 0.3 is 5.97 Å². The van der Waals surface area contributed by atoms with Crippen LogP contribution in [0.25, 0.3) is 0 Å². The number of carbonyl (C=O) groups is 1. The summed E-state index contributed by atoms with van der Waals surface area (Å²) in [6, 6.07) is 0. The van der Waals surface area contributed by atoms with Crippen LogP contribution >= 0.6 is 24.0 Å². The number of unbranched alkanes of at least 4 members (excludes halogenated alkanes) is 1. The number of guanidine groups is 1. The number of hydrogen-bond donors (Lipinski definition) is 2. The molecule has 1 unspecified atom stereocenters. The van der Waals surface area contributed by atoms with Gasteiger partial charge in [-0.15, -0.1) is 24.0 Å². The molecule has 0 amide bonds. The van der Waals surface area contributed by atoms with Crippen LogP contribution in [0.1, 0.15) is 47.0 Å². The maximum Gasteiger partial charge on any atom is 0.305 e. The number of halogens is 1. The van der Waals surface area contributed by atoms with Gasteiger partial charge in [-0.3, -0.25) is 9.79 Å². The molecular formula is C16H34IN3O3. The van der Waals surface area contributed by atoms with Crippen LogP contribution in [-0.4, -0.2) is 51.9 Å². The first-order chi connectivity index (χ1) is 10.3. The zero-order chi connectivity index (χ0) is 17.0. The highest BCUT2D eigenvalue weighted by Gasteiger charge is 2.23. The van der Waals surface area contributed by atoms with Crippen molar-refractivity contribution in [2.45, 2.75) is 53.1 Å². The standard InChI is InChI=1S/C16H33N3O3.HI/c1-7-17-15(18-11-9-8-10-14(20)22-6)19-12-13(21-5)16(2,3)4;/h13H,7-12H2,1-6H3,(H2,17,18,19);1H. The summed E-state index contributed by atoms with van der Waals surface area (Å²) in [4.78, 5) is 15.6. The van der Waals surface area contributed by atoms with Gasteiger partial charge in [0.15, 0.2) is 5.96 Å². The Hall–Kier alpha value is -0.570. The Morgan fingerprint density at radius 2 is 1.83 bits per heavy atom. The summed E-state index contributed by atoms with van der Waals surface area (Å²) < 4.78 is 10.1. The fourth-order valence-corrected chi connectivity index (χ4v) is 1.92. The summed E-state index contributed by atoms with van der Waals surface area (Å²) in [6.45, 7) is 10.7. The Kier molecular flexibility index (Phi) is 14.8. The normalized spacial score (nSPS) is 13.0. The van der Waals surface area contributed by atoms with Gasteiger partial charge in [0, 0.05) is 26.6 Å². The number of carbonyl (C=O) groups excluding carboxylic acids is 1. The van der Waals surface area contributed by atoms with E-state index in [2.05, 4.69) is 41.1 Å². The molecule has 0 aromatic rings. The molecule has 2 N–H and O–H groups in total. The molecule has 0 fully saturated rings. The van der Waals surface area contributed by atoms with E-state index in [1.54, 1.807) is 7.11 Å². The lowest BCUT2D eigenvalue weighted by atomic mass is 9.89. The number of esters is 1. The van der Waals surface area contributed by atoms with Crippen molar-refractivity contribution in [2.24, 2.45) is 10.4 Å². The Labute approximate surface area is 158 Å². The highest BCUT2D eigenvalue weighted by molar-refractivity contribution is 14.0. The van der Waals surface area contributed by atoms with Crippen LogP contribution in [0.15, 0.2) is 4.99 Å². The average Bonchev–Trinajstić information content (AvgIpc) is 2.45. The molecule has 0 radical (unpaired) electrons. The van der Waals surface area contributed by atoms with Gasteiger partial charge < -0.3 is 20.1 Å². The molecule has 0 aromatic heterocycles. The van der Waals surface area contributed by atoms with E-state index >= 15 is 0 Å². The van der Waals surface area contributed by atoms with Gasteiger partial charge in [0.1, 0.15) is 0 Å². The molecule has 0 aliphatic heterocycles. The molecule has 0 aliphatic rings. The number of methoxy groups -OCH3 is 2. The van der Waals surface area contributed by atoms with Crippen LogP contribution in [-0.2, 0) is 14.3 Å². The number of hydrogen-bond acceptors (Lipinski definition) is 4. The first kappa shape index (κ1) is 24.7. The third-order valence-electron chi connectivity index (χ3n) is 3.34. The molecule has 7 heteroatoms. The molecule has 0 saturated carbocycles. The number of aliphatic imine (C=N–C) groups is 1. The Balaban J connectivity index is 0. The van der Waals surface area contributed by atoms with Crippen molar-refractivity contribution in [2.75, 3.05) is 33.9 Å². The lowest BCUT2D eigenvalue weighted by Gasteiger charge is -2.28. The average molecular weight is 443 g/mol. The number of nitrogens with one attached hydrogen (secondary N) is 2. The lowest BCUT2D eigenvalue weighted by Crippen LogP contribution is -2.39. The molecule has 23 heavy (non-hydrogen) atoms. The van der Waals surface area contributed by atoms with E-state index < -0.39 is 0 Å². The van der Waals surface area contributed by atoms with E-state index in [1.165, 1.54) is 7.11 Å². The van der Waals surface area contributed by atoms with Gasteiger partial charge in [0.2, 0.25) is 0 Å². The molecule has 138 valence electrons. The molecule has 0 heterocycles. The van der Waals surface area contributed by atoms with Crippen LogP contribution in [0.3, 0.4) is 0 Å². The fraction of sp³-hybridized carbons (Fsp3) is 0.875. The first-order valence-corrected chi connectivity index (χ1v) is 7.96. The monoisotopic (exact) mass is 443 g/mol. The van der Waals surface area contributed by atoms with Gasteiger partial charge in [-0.05, 0) is 25.2 Å². The molecule has 0 saturated heterocycles. The highest BCUT2D eigenvalue weighted by Crippen LogP contribution is 2.21. The largest absolute Gasteiger partial charge is 0.469 e. The van der Waals surface area contributed by atoms with Crippen molar-refractivity contribution in [1.82, 2.24) is 10.6 Å². The third-order valence-corrected chi connectivity index (χ3v) is 3.34. The fourth-order valence-electron chi connectivity index (χ4n) is 1.92. The van der Waals surface area contributed by atoms with Crippen LogP contribution in [0.4, 0.5) is 0 Å². The van der Waals surface area contributed by atoms with Crippen molar-refractivity contribution < 1.29 is 14.3 Å². The number of nitrogens with zero attached hydrogens (tertiary/aromatic N) is 1. The van der Waals surface area contributed by atoms with E-state index in [0.717, 1.165) is 31.9 Å². The Morgan fingerprint density at radius 1 is 1.17 bits per heavy atom. The lowest BCUT2D eigenvalue weighted by molar-refractivity contribution is -0.140. The topological polar surface area (TPSA) is 72.0 Å². The van der Waals surface area contributed by atoms with E-state index in [9.17, 15) is 4.79 Å². The van der Waals surface area contributed by atoms with Crippen molar-refractivity contribution in [1.29, 1.82) is 0 Å². The zero-order valence-electron chi connectivity index (χ0n) is 15.4. The van der Waals surface area contributed by atoms with Crippen LogP contribution < -0.4 is 10.6 Å². The third kappa shape index (κ3) is 12.5. The van der Waals surface area contributed by atoms with Gasteiger partial charge in [-0.1, -0.05) is 20.8 Å². The van der Waals surface area contributed by atoms with E-state index in [0.29, 0.717) is 13.0 Å². The van der Waals surface area contributed by atoms with Gasteiger partial charge in [-0.2, -0.15) is 0 Å². The van der Waals surface area contributed by atoms with Crippen molar-refractivity contribution in [3.63, 3.8) is 0 Å². The van der Waals surface area contributed by atoms with E-state index in [1.807, 2.05) is 6.92 Å². The molecule has 0 aliphatic carbocycles. The SMILES string of the molecule is CCNC(=NCC(OC)C(C)(C)C)NCCCCC(=O)OC.I. The zero-order valence-corrected chi connectivity index (χ0v) is 17.7. The second-order valence-electron chi connectivity index (χ2n) is 6.27. The van der Waals surface area contributed by atoms with Crippen molar-refractivity contribution >= 4 is 35.9 Å². The molecule has 0 bridgehead atoms. The molecule has 0 aromatic carbocycles. The summed E-state index contributed by atoms with van der Waals surface area (Å²) in [5, 5.41) is 6.49. The smallest absolute Gasteiger partial charge is 0.305 e. The molecule has 6 nitrogen and oxygen atoms in total. The Bertz CT molecular complexity index is 344. The summed E-state index contributed by atoms with van der Waals surface area (Å²) in [7, 11) is 3.14. The maximum absolute atomic E-state index is 11.0. The minimum Gasteiger partial charge on any atom is -0.469 e. The minimum absolute atomic E-state index is 0. The van der Waals surface area contributed by atoms with Gasteiger partial charge in [-0.25, -0.2) is 0 Å². The summed E-state index contributed by atoms with van der Waals surface area (Å²) in [5.41, 5.74) is 0.0517. The molecule has 0 spiro atoms. The quantitative estimate of drug-likeness (QED) is 0.189. The van der Waals surface area contributed by atoms with Crippen LogP contribution in [0, 0.1) is 5.41 Å². The van der Waals surface area contributed by atoms with Gasteiger partial charge in [0.05, 0.1) is 19.8 Å². The predicted octanol–water partition coefficient (Wildman–Crippen LogP) is 2.56. The predicted molar refractivity (Wildman–Crippen MR) is 106 cm³/mol. The molecular weight excluding hydrogens is 409 g/mol. The van der Waals surface area contributed by atoms with E-state index in [-0.39, 0.29) is 41.5 Å². The first-order valence-electron chi connectivity index (χ1n) is 7.96. The van der Waals surface area contributed by atoms with Crippen molar-refractivity contribution in [3.05, 3.63) is 0 Å². The summed E-state index contributed by atoms with van der Waals surface area (Å²) in [5.74, 6) is 0.626. The number of rotatable bonds is 9. The van der Waals surface area contributed by atoms with Gasteiger partial charge in [0.25, 0.3) is 0 Å². The molecule has 1 atom stereocenters. The minimum atomic E-state index is -0.159. The van der Waals surface area contributed by atoms with Crippen LogP contribution in [0.5, 0.6) is 0 Å². The number of ether oxygens (including phenoxy) is 2. The highest BCUT2D eigenvalue weighted by atomic mass is 127. The second-order valence-corrected chi connectivity index (χ2v) is 6.27. The summed E-state index contributed by atoms with van der Waals surface area (Å²) in [6.07, 6.45) is 2.23. The summed E-state index contributed by atoms with van der Waals surface area (Å²) >= 11 is 0. The van der Waals surface area contributed by atoms with E-state index in [4.69, 9.17) is 4.74 Å². The van der Waals surface area contributed by atoms with Crippen molar-refractivity contribution in [3.8, 4) is 0 Å². The molecule has 0 rings (SSSR count). The second kappa shape index (κ2) is 13.8.